The molecule has 0 aromatic heterocycles. The number of benzene rings is 1. The first-order chi connectivity index (χ1) is 12.9. The second-order valence-electron chi connectivity index (χ2n) is 5.19. The summed E-state index contributed by atoms with van der Waals surface area (Å²) < 4.78 is 37.9. The number of methoxy groups -OCH3 is 2. The predicted molar refractivity (Wildman–Crippen MR) is 98.3 cm³/mol. The van der Waals surface area contributed by atoms with Crippen LogP contribution in [0.4, 0.5) is 0 Å². The molecular formula is C17H25N2O7P. The molecule has 0 heterocycles. The van der Waals surface area contributed by atoms with Crippen molar-refractivity contribution < 1.29 is 37.4 Å². The third kappa shape index (κ3) is 6.48. The lowest BCUT2D eigenvalue weighted by atomic mass is 10.1. The van der Waals surface area contributed by atoms with Gasteiger partial charge in [0.25, 0.3) is 0 Å². The lowest BCUT2D eigenvalue weighted by Crippen LogP contribution is -2.22. The molecule has 0 N–H and O–H groups in total. The second kappa shape index (κ2) is 11.5. The molecule has 150 valence electrons. The Hall–Kier alpha value is -2.18. The van der Waals surface area contributed by atoms with Gasteiger partial charge in [-0.25, -0.2) is 9.36 Å². The SMILES string of the molecule is CCOP(=O)(OCC)C(=[N+]=[N-])C(=O)OCCCc1ccc(OC)c(OC)c1. The topological polar surface area (TPSA) is 117 Å². The summed E-state index contributed by atoms with van der Waals surface area (Å²) in [6, 6.07) is 5.50. The smallest absolute Gasteiger partial charge is 0.484 e. The number of carbonyl (C=O) groups is 1. The Labute approximate surface area is 158 Å². The first-order valence-electron chi connectivity index (χ1n) is 8.45. The fourth-order valence-electron chi connectivity index (χ4n) is 2.25. The van der Waals surface area contributed by atoms with Gasteiger partial charge in [0.15, 0.2) is 11.5 Å². The quantitative estimate of drug-likeness (QED) is 0.132. The van der Waals surface area contributed by atoms with Crippen LogP contribution in [0.15, 0.2) is 18.2 Å². The van der Waals surface area contributed by atoms with Gasteiger partial charge in [0, 0.05) is 0 Å². The molecule has 1 aromatic carbocycles. The molecule has 0 unspecified atom stereocenters. The van der Waals surface area contributed by atoms with E-state index in [1.165, 1.54) is 0 Å². The van der Waals surface area contributed by atoms with Crippen LogP contribution in [0.2, 0.25) is 0 Å². The molecule has 0 aliphatic heterocycles. The molecule has 0 amide bonds. The Bertz CT molecular complexity index is 722. The highest BCUT2D eigenvalue weighted by Crippen LogP contribution is 2.49. The maximum absolute atomic E-state index is 12.5. The van der Waals surface area contributed by atoms with Crippen molar-refractivity contribution in [3.63, 3.8) is 0 Å². The third-order valence-corrected chi connectivity index (χ3v) is 5.41. The molecule has 27 heavy (non-hydrogen) atoms. The van der Waals surface area contributed by atoms with Gasteiger partial charge in [0.2, 0.25) is 0 Å². The Kier molecular flexibility index (Phi) is 9.75. The lowest BCUT2D eigenvalue weighted by molar-refractivity contribution is -0.139. The molecule has 0 bridgehead atoms. The highest BCUT2D eigenvalue weighted by Gasteiger charge is 2.47. The van der Waals surface area contributed by atoms with E-state index in [-0.39, 0.29) is 19.8 Å². The summed E-state index contributed by atoms with van der Waals surface area (Å²) in [6.07, 6.45) is 1.10. The van der Waals surface area contributed by atoms with E-state index < -0.39 is 19.0 Å². The molecule has 0 spiro atoms. The zero-order valence-electron chi connectivity index (χ0n) is 16.0. The van der Waals surface area contributed by atoms with Gasteiger partial charge in [-0.3, -0.25) is 0 Å². The van der Waals surface area contributed by atoms with Gasteiger partial charge >= 0.3 is 19.0 Å². The molecule has 0 saturated carbocycles. The Morgan fingerprint density at radius 2 is 1.74 bits per heavy atom. The average Bonchev–Trinajstić information content (AvgIpc) is 2.65. The number of esters is 1. The van der Waals surface area contributed by atoms with Crippen LogP contribution < -0.4 is 9.47 Å². The van der Waals surface area contributed by atoms with Gasteiger partial charge in [-0.15, -0.1) is 4.79 Å². The maximum atomic E-state index is 12.5. The van der Waals surface area contributed by atoms with Crippen molar-refractivity contribution in [2.24, 2.45) is 0 Å². The van der Waals surface area contributed by atoms with E-state index in [2.05, 4.69) is 4.79 Å². The number of aryl methyl sites for hydroxylation is 1. The molecule has 9 nitrogen and oxygen atoms in total. The van der Waals surface area contributed by atoms with Crippen molar-refractivity contribution in [3.05, 3.63) is 29.3 Å². The van der Waals surface area contributed by atoms with E-state index in [1.807, 2.05) is 12.1 Å². The molecular weight excluding hydrogens is 375 g/mol. The zero-order valence-corrected chi connectivity index (χ0v) is 16.9. The van der Waals surface area contributed by atoms with Gasteiger partial charge < -0.3 is 28.8 Å². The Morgan fingerprint density at radius 3 is 2.26 bits per heavy atom. The normalized spacial score (nSPS) is 10.8. The van der Waals surface area contributed by atoms with Crippen molar-refractivity contribution in [2.75, 3.05) is 34.0 Å². The molecule has 0 fully saturated rings. The summed E-state index contributed by atoms with van der Waals surface area (Å²) in [5.41, 5.74) is 9.26. The molecule has 10 heteroatoms. The van der Waals surface area contributed by atoms with E-state index >= 15 is 0 Å². The maximum Gasteiger partial charge on any atom is 0.484 e. The van der Waals surface area contributed by atoms with E-state index in [9.17, 15) is 9.36 Å². The monoisotopic (exact) mass is 400 g/mol. The molecule has 0 radical (unpaired) electrons. The predicted octanol–water partition coefficient (Wildman–Crippen LogP) is 3.07. The van der Waals surface area contributed by atoms with Crippen molar-refractivity contribution in [1.82, 2.24) is 0 Å². The fourth-order valence-corrected chi connectivity index (χ4v) is 3.65. The number of hydrogen-bond donors (Lipinski definition) is 0. The van der Waals surface area contributed by atoms with Crippen molar-refractivity contribution in [1.29, 1.82) is 0 Å². The van der Waals surface area contributed by atoms with E-state index in [0.29, 0.717) is 24.3 Å². The number of nitrogens with zero attached hydrogens (tertiary/aromatic N) is 2. The Morgan fingerprint density at radius 1 is 1.11 bits per heavy atom. The van der Waals surface area contributed by atoms with Crippen LogP contribution in [0, 0.1) is 0 Å². The van der Waals surface area contributed by atoms with Crippen molar-refractivity contribution in [3.8, 4) is 11.5 Å². The second-order valence-corrected chi connectivity index (χ2v) is 7.12. The van der Waals surface area contributed by atoms with Gasteiger partial charge in [0.1, 0.15) is 0 Å². The third-order valence-electron chi connectivity index (χ3n) is 3.43. The molecule has 1 rings (SSSR count). The average molecular weight is 400 g/mol. The highest BCUT2D eigenvalue weighted by atomic mass is 31.2. The van der Waals surface area contributed by atoms with E-state index in [4.69, 9.17) is 28.8 Å². The van der Waals surface area contributed by atoms with Gasteiger partial charge in [-0.2, -0.15) is 0 Å². The minimum Gasteiger partial charge on any atom is -0.493 e. The number of carbonyl (C=O) groups excluding carboxylic acids is 1. The molecule has 0 saturated heterocycles. The minimum absolute atomic E-state index is 0.0167. The van der Waals surface area contributed by atoms with Gasteiger partial charge in [-0.05, 0) is 44.4 Å². The first kappa shape index (κ1) is 22.9. The molecule has 0 aliphatic carbocycles. The van der Waals surface area contributed by atoms with Crippen LogP contribution in [0.25, 0.3) is 5.53 Å². The van der Waals surface area contributed by atoms with Crippen molar-refractivity contribution in [2.45, 2.75) is 26.7 Å². The van der Waals surface area contributed by atoms with E-state index in [0.717, 1.165) is 5.56 Å². The fraction of sp³-hybridized carbons (Fsp3) is 0.529. The molecule has 1 aromatic rings. The van der Waals surface area contributed by atoms with E-state index in [1.54, 1.807) is 34.1 Å². The van der Waals surface area contributed by atoms with Crippen LogP contribution >= 0.6 is 7.60 Å². The summed E-state index contributed by atoms with van der Waals surface area (Å²) in [7, 11) is -0.911. The minimum atomic E-state index is -4.02. The summed E-state index contributed by atoms with van der Waals surface area (Å²) >= 11 is 0. The number of ether oxygens (including phenoxy) is 3. The van der Waals surface area contributed by atoms with Gasteiger partial charge in [0.05, 0.1) is 34.0 Å². The largest absolute Gasteiger partial charge is 0.493 e. The first-order valence-corrected chi connectivity index (χ1v) is 9.99. The number of hydrogen-bond acceptors (Lipinski definition) is 7. The Balaban J connectivity index is 2.64. The standard InChI is InChI=1S/C17H25N2O7P/c1-5-25-27(21,26-6-2)16(19-18)17(20)24-11-7-8-13-9-10-14(22-3)15(12-13)23-4/h9-10,12H,5-8,11H2,1-4H3. The van der Waals surface area contributed by atoms with Crippen LogP contribution in [-0.2, 0) is 29.6 Å². The van der Waals surface area contributed by atoms with Crippen LogP contribution in [-0.4, -0.2) is 50.3 Å². The molecule has 0 aliphatic rings. The number of rotatable bonds is 12. The summed E-state index contributed by atoms with van der Waals surface area (Å²) in [5, 5.41) is 0. The van der Waals surface area contributed by atoms with Crippen molar-refractivity contribution >= 4 is 19.0 Å². The highest BCUT2D eigenvalue weighted by molar-refractivity contribution is 7.74. The van der Waals surface area contributed by atoms with Crippen LogP contribution in [0.5, 0.6) is 11.5 Å². The zero-order chi connectivity index (χ0) is 20.3. The van der Waals surface area contributed by atoms with Crippen LogP contribution in [0.1, 0.15) is 25.8 Å². The summed E-state index contributed by atoms with van der Waals surface area (Å²) in [5.74, 6) is 0.185. The summed E-state index contributed by atoms with van der Waals surface area (Å²) in [6.45, 7) is 3.22. The summed E-state index contributed by atoms with van der Waals surface area (Å²) in [4.78, 5) is 14.9. The van der Waals surface area contributed by atoms with Gasteiger partial charge in [-0.1, -0.05) is 6.07 Å². The van der Waals surface area contributed by atoms with Crippen LogP contribution in [0.3, 0.4) is 0 Å². The molecule has 0 atom stereocenters. The lowest BCUT2D eigenvalue weighted by Gasteiger charge is -2.12.